The highest BCUT2D eigenvalue weighted by molar-refractivity contribution is 5.96. The fourth-order valence-electron chi connectivity index (χ4n) is 1.89. The predicted octanol–water partition coefficient (Wildman–Crippen LogP) is 2.97. The summed E-state index contributed by atoms with van der Waals surface area (Å²) in [6.07, 6.45) is 7.94. The number of rotatable bonds is 8. The molecule has 0 N–H and O–H groups in total. The summed E-state index contributed by atoms with van der Waals surface area (Å²) in [5.41, 5.74) is 0.586. The standard InChI is InChI=1S/C13H22N2O2/c1-4-5-6-7-8-9-11(16)13-12(17-3)10-14-15(13)2/h10H,4-9H2,1-3H3. The number of aromatic nitrogens is 2. The summed E-state index contributed by atoms with van der Waals surface area (Å²) in [7, 11) is 3.34. The Morgan fingerprint density at radius 2 is 2.06 bits per heavy atom. The van der Waals surface area contributed by atoms with Crippen molar-refractivity contribution in [2.24, 2.45) is 7.05 Å². The van der Waals surface area contributed by atoms with Gasteiger partial charge < -0.3 is 4.74 Å². The number of ether oxygens (including phenoxy) is 1. The summed E-state index contributed by atoms with van der Waals surface area (Å²) in [6.45, 7) is 2.19. The number of carbonyl (C=O) groups excluding carboxylic acids is 1. The lowest BCUT2D eigenvalue weighted by Gasteiger charge is -2.04. The zero-order valence-electron chi connectivity index (χ0n) is 11.0. The zero-order valence-corrected chi connectivity index (χ0v) is 11.0. The van der Waals surface area contributed by atoms with Crippen molar-refractivity contribution < 1.29 is 9.53 Å². The molecule has 0 spiro atoms. The Morgan fingerprint density at radius 3 is 2.71 bits per heavy atom. The monoisotopic (exact) mass is 238 g/mol. The minimum Gasteiger partial charge on any atom is -0.493 e. The summed E-state index contributed by atoms with van der Waals surface area (Å²) >= 11 is 0. The van der Waals surface area contributed by atoms with Gasteiger partial charge in [-0.25, -0.2) is 0 Å². The van der Waals surface area contributed by atoms with E-state index in [9.17, 15) is 4.79 Å². The summed E-state index contributed by atoms with van der Waals surface area (Å²) in [5.74, 6) is 0.699. The molecule has 4 heteroatoms. The molecule has 0 aliphatic carbocycles. The highest BCUT2D eigenvalue weighted by Crippen LogP contribution is 2.19. The second-order valence-corrected chi connectivity index (χ2v) is 4.27. The maximum atomic E-state index is 12.0. The van der Waals surface area contributed by atoms with E-state index in [1.807, 2.05) is 0 Å². The van der Waals surface area contributed by atoms with Gasteiger partial charge in [-0.15, -0.1) is 0 Å². The third kappa shape index (κ3) is 3.88. The molecule has 0 aromatic carbocycles. The van der Waals surface area contributed by atoms with Crippen molar-refractivity contribution in [3.05, 3.63) is 11.9 Å². The smallest absolute Gasteiger partial charge is 0.184 e. The van der Waals surface area contributed by atoms with Crippen molar-refractivity contribution in [2.45, 2.75) is 45.4 Å². The summed E-state index contributed by atoms with van der Waals surface area (Å²) < 4.78 is 6.72. The normalized spacial score (nSPS) is 10.5. The fraction of sp³-hybridized carbons (Fsp3) is 0.692. The van der Waals surface area contributed by atoms with Crippen molar-refractivity contribution in [1.82, 2.24) is 9.78 Å². The molecule has 0 saturated heterocycles. The second-order valence-electron chi connectivity index (χ2n) is 4.27. The first-order chi connectivity index (χ1) is 8.20. The van der Waals surface area contributed by atoms with Crippen LogP contribution in [0.1, 0.15) is 55.9 Å². The van der Waals surface area contributed by atoms with E-state index in [1.165, 1.54) is 19.3 Å². The molecular formula is C13H22N2O2. The first kappa shape index (κ1) is 13.7. The van der Waals surface area contributed by atoms with Gasteiger partial charge in [0.1, 0.15) is 5.69 Å². The van der Waals surface area contributed by atoms with Crippen LogP contribution in [0.15, 0.2) is 6.20 Å². The van der Waals surface area contributed by atoms with E-state index in [0.29, 0.717) is 17.9 Å². The lowest BCUT2D eigenvalue weighted by molar-refractivity contribution is 0.0967. The Bertz CT molecular complexity index is 358. The molecule has 1 aromatic heterocycles. The van der Waals surface area contributed by atoms with E-state index in [-0.39, 0.29) is 5.78 Å². The minimum atomic E-state index is 0.123. The molecule has 96 valence electrons. The van der Waals surface area contributed by atoms with Crippen molar-refractivity contribution >= 4 is 5.78 Å². The van der Waals surface area contributed by atoms with E-state index in [0.717, 1.165) is 12.8 Å². The fourth-order valence-corrected chi connectivity index (χ4v) is 1.89. The average molecular weight is 238 g/mol. The molecule has 0 aliphatic rings. The Labute approximate surface area is 103 Å². The molecular weight excluding hydrogens is 216 g/mol. The van der Waals surface area contributed by atoms with E-state index in [1.54, 1.807) is 25.0 Å². The number of nitrogens with zero attached hydrogens (tertiary/aromatic N) is 2. The molecule has 0 fully saturated rings. The molecule has 0 saturated carbocycles. The van der Waals surface area contributed by atoms with Crippen LogP contribution >= 0.6 is 0 Å². The van der Waals surface area contributed by atoms with Crippen LogP contribution < -0.4 is 4.74 Å². The third-order valence-corrected chi connectivity index (χ3v) is 2.90. The number of hydrogen-bond donors (Lipinski definition) is 0. The van der Waals surface area contributed by atoms with Gasteiger partial charge in [0.2, 0.25) is 0 Å². The van der Waals surface area contributed by atoms with E-state index >= 15 is 0 Å². The highest BCUT2D eigenvalue weighted by atomic mass is 16.5. The average Bonchev–Trinajstić information content (AvgIpc) is 2.70. The van der Waals surface area contributed by atoms with Crippen molar-refractivity contribution in [2.75, 3.05) is 7.11 Å². The summed E-state index contributed by atoms with van der Waals surface area (Å²) in [5, 5.41) is 4.04. The minimum absolute atomic E-state index is 0.123. The van der Waals surface area contributed by atoms with E-state index in [2.05, 4.69) is 12.0 Å². The van der Waals surface area contributed by atoms with Gasteiger partial charge >= 0.3 is 0 Å². The third-order valence-electron chi connectivity index (χ3n) is 2.90. The van der Waals surface area contributed by atoms with Gasteiger partial charge in [0.15, 0.2) is 11.5 Å². The lowest BCUT2D eigenvalue weighted by atomic mass is 10.1. The number of unbranched alkanes of at least 4 members (excludes halogenated alkanes) is 4. The number of methoxy groups -OCH3 is 1. The van der Waals surface area contributed by atoms with E-state index in [4.69, 9.17) is 4.74 Å². The molecule has 17 heavy (non-hydrogen) atoms. The van der Waals surface area contributed by atoms with Gasteiger partial charge in [0.25, 0.3) is 0 Å². The van der Waals surface area contributed by atoms with Crippen LogP contribution in [0, 0.1) is 0 Å². The topological polar surface area (TPSA) is 44.1 Å². The van der Waals surface area contributed by atoms with Gasteiger partial charge in [-0.3, -0.25) is 9.48 Å². The highest BCUT2D eigenvalue weighted by Gasteiger charge is 2.16. The van der Waals surface area contributed by atoms with Crippen LogP contribution in [0.2, 0.25) is 0 Å². The van der Waals surface area contributed by atoms with Crippen LogP contribution in [0.5, 0.6) is 5.75 Å². The first-order valence-corrected chi connectivity index (χ1v) is 6.29. The molecule has 1 rings (SSSR count). The largest absolute Gasteiger partial charge is 0.493 e. The molecule has 0 atom stereocenters. The van der Waals surface area contributed by atoms with Crippen LogP contribution in [0.3, 0.4) is 0 Å². The van der Waals surface area contributed by atoms with Gasteiger partial charge in [0, 0.05) is 13.5 Å². The number of aryl methyl sites for hydroxylation is 1. The zero-order chi connectivity index (χ0) is 12.7. The number of carbonyl (C=O) groups is 1. The molecule has 4 nitrogen and oxygen atoms in total. The number of ketones is 1. The SMILES string of the molecule is CCCCCCCC(=O)c1c(OC)cnn1C. The van der Waals surface area contributed by atoms with Crippen molar-refractivity contribution in [3.63, 3.8) is 0 Å². The maximum Gasteiger partial charge on any atom is 0.184 e. The first-order valence-electron chi connectivity index (χ1n) is 6.29. The quantitative estimate of drug-likeness (QED) is 0.516. The lowest BCUT2D eigenvalue weighted by Crippen LogP contribution is -2.08. The van der Waals surface area contributed by atoms with E-state index < -0.39 is 0 Å². The van der Waals surface area contributed by atoms with Crippen molar-refractivity contribution in [3.8, 4) is 5.75 Å². The van der Waals surface area contributed by atoms with Crippen LogP contribution in [-0.4, -0.2) is 22.7 Å². The predicted molar refractivity (Wildman–Crippen MR) is 67.5 cm³/mol. The van der Waals surface area contributed by atoms with Crippen LogP contribution in [-0.2, 0) is 7.05 Å². The molecule has 1 aromatic rings. The maximum absolute atomic E-state index is 12.0. The van der Waals surface area contributed by atoms with Gasteiger partial charge in [-0.05, 0) is 6.42 Å². The Kier molecular flexibility index (Phi) is 5.73. The second kappa shape index (κ2) is 7.09. The number of Topliss-reactive ketones (excluding diaryl/α,β-unsaturated/α-hetero) is 1. The van der Waals surface area contributed by atoms with Gasteiger partial charge in [-0.1, -0.05) is 32.6 Å². The van der Waals surface area contributed by atoms with Crippen LogP contribution in [0.25, 0.3) is 0 Å². The van der Waals surface area contributed by atoms with Gasteiger partial charge in [-0.2, -0.15) is 5.10 Å². The van der Waals surface area contributed by atoms with Gasteiger partial charge in [0.05, 0.1) is 13.3 Å². The Hall–Kier alpha value is -1.32. The molecule has 0 radical (unpaired) electrons. The molecule has 0 amide bonds. The molecule has 0 aliphatic heterocycles. The number of hydrogen-bond acceptors (Lipinski definition) is 3. The van der Waals surface area contributed by atoms with Crippen LogP contribution in [0.4, 0.5) is 0 Å². The Balaban J connectivity index is 2.44. The molecule has 0 bridgehead atoms. The Morgan fingerprint density at radius 1 is 1.35 bits per heavy atom. The summed E-state index contributed by atoms with van der Waals surface area (Å²) in [6, 6.07) is 0. The summed E-state index contributed by atoms with van der Waals surface area (Å²) in [4.78, 5) is 12.0. The molecule has 1 heterocycles. The van der Waals surface area contributed by atoms with Crippen molar-refractivity contribution in [1.29, 1.82) is 0 Å². The molecule has 0 unspecified atom stereocenters.